The van der Waals surface area contributed by atoms with Gasteiger partial charge in [0.25, 0.3) is 5.91 Å². The molecule has 2 aromatic rings. The lowest BCUT2D eigenvalue weighted by molar-refractivity contribution is -0.130. The number of nitriles is 1. The molecule has 132 valence electrons. The Hall–Kier alpha value is -2.55. The number of benzene rings is 2. The van der Waals surface area contributed by atoms with Gasteiger partial charge in [-0.2, -0.15) is 5.26 Å². The molecular weight excluding hydrogens is 344 g/mol. The van der Waals surface area contributed by atoms with E-state index in [1.165, 1.54) is 10.5 Å². The van der Waals surface area contributed by atoms with Gasteiger partial charge in [0, 0.05) is 22.9 Å². The molecule has 1 heterocycles. The number of nitrogens with zero attached hydrogens (tertiary/aromatic N) is 2. The quantitative estimate of drug-likeness (QED) is 0.610. The Labute approximate surface area is 158 Å². The third-order valence-corrected chi connectivity index (χ3v) is 5.11. The molecule has 2 aromatic carbocycles. The molecule has 0 bridgehead atoms. The first kappa shape index (κ1) is 18.2. The van der Waals surface area contributed by atoms with E-state index in [4.69, 9.17) is 4.74 Å². The normalized spacial score (nSPS) is 14.8. The molecule has 1 aliphatic heterocycles. The summed E-state index contributed by atoms with van der Waals surface area (Å²) in [6.07, 6.45) is 1.65. The fraction of sp³-hybridized carbons (Fsp3) is 0.238. The number of ether oxygens (including phenoxy) is 1. The van der Waals surface area contributed by atoms with Gasteiger partial charge in [-0.15, -0.1) is 0 Å². The fourth-order valence-electron chi connectivity index (χ4n) is 2.62. The van der Waals surface area contributed by atoms with Crippen molar-refractivity contribution in [2.75, 3.05) is 26.3 Å². The van der Waals surface area contributed by atoms with Crippen molar-refractivity contribution in [1.29, 1.82) is 5.26 Å². The van der Waals surface area contributed by atoms with Gasteiger partial charge in [0.1, 0.15) is 11.6 Å². The van der Waals surface area contributed by atoms with Crippen LogP contribution in [0.3, 0.4) is 0 Å². The van der Waals surface area contributed by atoms with Gasteiger partial charge in [-0.3, -0.25) is 4.79 Å². The molecule has 0 aliphatic carbocycles. The molecule has 1 aliphatic rings. The van der Waals surface area contributed by atoms with Crippen molar-refractivity contribution in [3.63, 3.8) is 0 Å². The minimum absolute atomic E-state index is 0.158. The van der Waals surface area contributed by atoms with Crippen LogP contribution in [-0.4, -0.2) is 37.1 Å². The van der Waals surface area contributed by atoms with E-state index in [-0.39, 0.29) is 11.5 Å². The number of carbonyl (C=O) groups excluding carboxylic acids is 1. The molecule has 4 nitrogen and oxygen atoms in total. The largest absolute Gasteiger partial charge is 0.378 e. The van der Waals surface area contributed by atoms with Crippen LogP contribution in [0.2, 0.25) is 0 Å². The van der Waals surface area contributed by atoms with Crippen molar-refractivity contribution in [2.45, 2.75) is 16.7 Å². The smallest absolute Gasteiger partial charge is 0.264 e. The summed E-state index contributed by atoms with van der Waals surface area (Å²) in [5.41, 5.74) is 2.24. The zero-order chi connectivity index (χ0) is 18.4. The van der Waals surface area contributed by atoms with Crippen molar-refractivity contribution in [1.82, 2.24) is 4.90 Å². The van der Waals surface area contributed by atoms with E-state index in [0.717, 1.165) is 10.5 Å². The van der Waals surface area contributed by atoms with Gasteiger partial charge in [-0.05, 0) is 42.8 Å². The lowest BCUT2D eigenvalue weighted by Gasteiger charge is -2.26. The zero-order valence-corrected chi connectivity index (χ0v) is 15.5. The van der Waals surface area contributed by atoms with E-state index < -0.39 is 0 Å². The molecule has 0 saturated carbocycles. The van der Waals surface area contributed by atoms with Gasteiger partial charge in [0.2, 0.25) is 0 Å². The molecule has 0 N–H and O–H groups in total. The molecule has 5 heteroatoms. The Morgan fingerprint density at radius 2 is 1.65 bits per heavy atom. The maximum atomic E-state index is 12.4. The Morgan fingerprint density at radius 1 is 1.08 bits per heavy atom. The molecule has 0 radical (unpaired) electrons. The first-order valence-electron chi connectivity index (χ1n) is 8.49. The maximum Gasteiger partial charge on any atom is 0.264 e. The predicted molar refractivity (Wildman–Crippen MR) is 103 cm³/mol. The molecule has 26 heavy (non-hydrogen) atoms. The minimum Gasteiger partial charge on any atom is -0.378 e. The highest BCUT2D eigenvalue weighted by molar-refractivity contribution is 7.99. The molecule has 0 atom stereocenters. The average Bonchev–Trinajstić information content (AvgIpc) is 2.69. The van der Waals surface area contributed by atoms with Crippen LogP contribution in [0.15, 0.2) is 63.9 Å². The Kier molecular flexibility index (Phi) is 6.11. The third-order valence-electron chi connectivity index (χ3n) is 4.10. The van der Waals surface area contributed by atoms with Crippen LogP contribution >= 0.6 is 11.8 Å². The second kappa shape index (κ2) is 8.70. The van der Waals surface area contributed by atoms with Crippen molar-refractivity contribution < 1.29 is 9.53 Å². The number of hydrogen-bond donors (Lipinski definition) is 0. The van der Waals surface area contributed by atoms with Crippen LogP contribution in [0, 0.1) is 18.3 Å². The van der Waals surface area contributed by atoms with Gasteiger partial charge in [-0.25, -0.2) is 0 Å². The molecule has 3 rings (SSSR count). The number of morpholine rings is 1. The molecule has 1 fully saturated rings. The minimum atomic E-state index is -0.228. The SMILES string of the molecule is Cc1ccc(Sc2ccc(/C=C(/C#N)C(=O)N3CCOCC3)cc2)cc1. The second-order valence-electron chi connectivity index (χ2n) is 6.06. The van der Waals surface area contributed by atoms with Crippen molar-refractivity contribution in [3.8, 4) is 6.07 Å². The number of amides is 1. The standard InChI is InChI=1S/C21H20N2O2S/c1-16-2-6-19(7-3-16)26-20-8-4-17(5-9-20)14-18(15-22)21(24)23-10-12-25-13-11-23/h2-9,14H,10-13H2,1H3/b18-14-. The van der Waals surface area contributed by atoms with Crippen LogP contribution in [0.25, 0.3) is 6.08 Å². The van der Waals surface area contributed by atoms with E-state index in [9.17, 15) is 10.1 Å². The summed E-state index contributed by atoms with van der Waals surface area (Å²) in [5, 5.41) is 9.36. The summed E-state index contributed by atoms with van der Waals surface area (Å²) >= 11 is 1.68. The van der Waals surface area contributed by atoms with Gasteiger partial charge in [0.05, 0.1) is 13.2 Å². The molecule has 0 spiro atoms. The first-order valence-corrected chi connectivity index (χ1v) is 9.31. The highest BCUT2D eigenvalue weighted by Gasteiger charge is 2.20. The van der Waals surface area contributed by atoms with Crippen LogP contribution in [0.1, 0.15) is 11.1 Å². The lowest BCUT2D eigenvalue weighted by atomic mass is 10.1. The van der Waals surface area contributed by atoms with E-state index in [0.29, 0.717) is 26.3 Å². The highest BCUT2D eigenvalue weighted by Crippen LogP contribution is 2.28. The lowest BCUT2D eigenvalue weighted by Crippen LogP contribution is -2.41. The van der Waals surface area contributed by atoms with Crippen LogP contribution in [-0.2, 0) is 9.53 Å². The first-order chi connectivity index (χ1) is 12.7. The van der Waals surface area contributed by atoms with Crippen LogP contribution in [0.5, 0.6) is 0 Å². The Bertz CT molecular complexity index is 830. The molecule has 1 amide bonds. The predicted octanol–water partition coefficient (Wildman–Crippen LogP) is 3.91. The van der Waals surface area contributed by atoms with Gasteiger partial charge < -0.3 is 9.64 Å². The third kappa shape index (κ3) is 4.75. The number of hydrogen-bond acceptors (Lipinski definition) is 4. The number of aryl methyl sites for hydroxylation is 1. The maximum absolute atomic E-state index is 12.4. The Morgan fingerprint density at radius 3 is 2.23 bits per heavy atom. The average molecular weight is 364 g/mol. The van der Waals surface area contributed by atoms with Gasteiger partial charge >= 0.3 is 0 Å². The number of rotatable bonds is 4. The summed E-state index contributed by atoms with van der Waals surface area (Å²) in [4.78, 5) is 16.4. The fourth-order valence-corrected chi connectivity index (χ4v) is 3.44. The number of carbonyl (C=O) groups is 1. The Balaban J connectivity index is 1.70. The van der Waals surface area contributed by atoms with E-state index >= 15 is 0 Å². The summed E-state index contributed by atoms with van der Waals surface area (Å²) < 4.78 is 5.25. The second-order valence-corrected chi connectivity index (χ2v) is 7.21. The van der Waals surface area contributed by atoms with E-state index in [1.54, 1.807) is 22.7 Å². The summed E-state index contributed by atoms with van der Waals surface area (Å²) in [5.74, 6) is -0.228. The summed E-state index contributed by atoms with van der Waals surface area (Å²) in [6, 6.07) is 18.3. The van der Waals surface area contributed by atoms with E-state index in [2.05, 4.69) is 31.2 Å². The summed E-state index contributed by atoms with van der Waals surface area (Å²) in [7, 11) is 0. The van der Waals surface area contributed by atoms with E-state index in [1.807, 2.05) is 30.3 Å². The van der Waals surface area contributed by atoms with Crippen LogP contribution in [0.4, 0.5) is 0 Å². The molecular formula is C21H20N2O2S. The topological polar surface area (TPSA) is 53.3 Å². The highest BCUT2D eigenvalue weighted by atomic mass is 32.2. The molecule has 1 saturated heterocycles. The monoisotopic (exact) mass is 364 g/mol. The molecule has 0 unspecified atom stereocenters. The van der Waals surface area contributed by atoms with Crippen LogP contribution < -0.4 is 0 Å². The zero-order valence-electron chi connectivity index (χ0n) is 14.6. The molecule has 0 aromatic heterocycles. The van der Waals surface area contributed by atoms with Crippen molar-refractivity contribution in [2.24, 2.45) is 0 Å². The van der Waals surface area contributed by atoms with Gasteiger partial charge in [0.15, 0.2) is 0 Å². The van der Waals surface area contributed by atoms with Gasteiger partial charge in [-0.1, -0.05) is 41.6 Å². The van der Waals surface area contributed by atoms with Crippen molar-refractivity contribution >= 4 is 23.7 Å². The summed E-state index contributed by atoms with van der Waals surface area (Å²) in [6.45, 7) is 4.18. The van der Waals surface area contributed by atoms with Crippen molar-refractivity contribution in [3.05, 3.63) is 65.2 Å².